The van der Waals surface area contributed by atoms with E-state index in [0.717, 1.165) is 22.9 Å². The summed E-state index contributed by atoms with van der Waals surface area (Å²) in [5.74, 6) is 0.148. The lowest BCUT2D eigenvalue weighted by Gasteiger charge is -2.09. The average Bonchev–Trinajstić information content (AvgIpc) is 2.22. The molecule has 0 saturated heterocycles. The topological polar surface area (TPSA) is 43.1 Å². The quantitative estimate of drug-likeness (QED) is 0.868. The van der Waals surface area contributed by atoms with Gasteiger partial charge in [-0.05, 0) is 24.1 Å². The molecule has 0 fully saturated rings. The highest BCUT2D eigenvalue weighted by molar-refractivity contribution is 9.10. The number of halogens is 2. The number of nitrogens with two attached hydrogens (primary N) is 1. The van der Waals surface area contributed by atoms with Crippen LogP contribution in [0.5, 0.6) is 0 Å². The van der Waals surface area contributed by atoms with E-state index in [1.807, 2.05) is 12.1 Å². The Hall–Kier alpha value is -0.380. The molecule has 0 bridgehead atoms. The van der Waals surface area contributed by atoms with Crippen LogP contribution in [0.4, 0.5) is 0 Å². The zero-order chi connectivity index (χ0) is 12.8. The van der Waals surface area contributed by atoms with E-state index in [9.17, 15) is 4.79 Å². The Bertz CT molecular complexity index is 395. The minimum Gasteiger partial charge on any atom is -0.327 e. The monoisotopic (exact) mass is 317 g/mol. The lowest BCUT2D eigenvalue weighted by molar-refractivity contribution is -0.118. The van der Waals surface area contributed by atoms with E-state index in [-0.39, 0.29) is 11.8 Å². The molecule has 0 aromatic heterocycles. The number of carbonyl (C=O) groups is 1. The van der Waals surface area contributed by atoms with Crippen LogP contribution in [0.1, 0.15) is 31.7 Å². The Morgan fingerprint density at radius 1 is 1.53 bits per heavy atom. The van der Waals surface area contributed by atoms with Crippen molar-refractivity contribution < 1.29 is 4.79 Å². The number of rotatable bonds is 6. The Balaban J connectivity index is 2.56. The van der Waals surface area contributed by atoms with Crippen LogP contribution in [0.3, 0.4) is 0 Å². The van der Waals surface area contributed by atoms with Crippen LogP contribution < -0.4 is 5.73 Å². The molecule has 1 atom stereocenters. The predicted octanol–water partition coefficient (Wildman–Crippen LogP) is 3.73. The van der Waals surface area contributed by atoms with E-state index in [4.69, 9.17) is 17.3 Å². The Labute approximate surface area is 116 Å². The molecule has 94 valence electrons. The van der Waals surface area contributed by atoms with Crippen LogP contribution in [0.15, 0.2) is 22.7 Å². The maximum atomic E-state index is 11.8. The number of Topliss-reactive ketones (excluding diaryl/α,β-unsaturated/α-hetero) is 1. The van der Waals surface area contributed by atoms with Crippen molar-refractivity contribution >= 4 is 33.3 Å². The third-order valence-electron chi connectivity index (χ3n) is 2.55. The first kappa shape index (κ1) is 14.7. The van der Waals surface area contributed by atoms with Crippen molar-refractivity contribution in [1.82, 2.24) is 0 Å². The molecule has 2 N–H and O–H groups in total. The van der Waals surface area contributed by atoms with Gasteiger partial charge in [0.25, 0.3) is 0 Å². The van der Waals surface area contributed by atoms with E-state index >= 15 is 0 Å². The van der Waals surface area contributed by atoms with Crippen molar-refractivity contribution in [2.24, 2.45) is 5.73 Å². The summed E-state index contributed by atoms with van der Waals surface area (Å²) in [6, 6.07) is 5.54. The molecule has 1 aromatic rings. The molecule has 2 nitrogen and oxygen atoms in total. The number of hydrogen-bond donors (Lipinski definition) is 1. The summed E-state index contributed by atoms with van der Waals surface area (Å²) in [6.45, 7) is 2.07. The van der Waals surface area contributed by atoms with Gasteiger partial charge in [0, 0.05) is 28.4 Å². The SMILES string of the molecule is CCCC(N)CC(=O)Cc1ccc(Br)cc1Cl. The molecule has 0 aliphatic rings. The van der Waals surface area contributed by atoms with Gasteiger partial charge in [0.05, 0.1) is 0 Å². The molecule has 1 unspecified atom stereocenters. The van der Waals surface area contributed by atoms with Gasteiger partial charge in [0.1, 0.15) is 5.78 Å². The number of carbonyl (C=O) groups excluding carboxylic acids is 1. The molecule has 1 rings (SSSR count). The summed E-state index contributed by atoms with van der Waals surface area (Å²) < 4.78 is 0.918. The third-order valence-corrected chi connectivity index (χ3v) is 3.40. The van der Waals surface area contributed by atoms with Crippen LogP contribution in [-0.4, -0.2) is 11.8 Å². The number of hydrogen-bond acceptors (Lipinski definition) is 2. The summed E-state index contributed by atoms with van der Waals surface area (Å²) in [7, 11) is 0. The first-order chi connectivity index (χ1) is 8.02. The van der Waals surface area contributed by atoms with Crippen LogP contribution in [0.2, 0.25) is 5.02 Å². The first-order valence-corrected chi connectivity index (χ1v) is 6.91. The zero-order valence-electron chi connectivity index (χ0n) is 9.88. The van der Waals surface area contributed by atoms with Crippen molar-refractivity contribution in [1.29, 1.82) is 0 Å². The molecular weight excluding hydrogens is 302 g/mol. The number of benzene rings is 1. The molecule has 0 amide bonds. The van der Waals surface area contributed by atoms with Gasteiger partial charge in [-0.2, -0.15) is 0 Å². The van der Waals surface area contributed by atoms with Gasteiger partial charge in [-0.1, -0.05) is 46.9 Å². The van der Waals surface area contributed by atoms with Gasteiger partial charge in [-0.25, -0.2) is 0 Å². The third kappa shape index (κ3) is 5.19. The van der Waals surface area contributed by atoms with Crippen LogP contribution in [-0.2, 0) is 11.2 Å². The molecule has 4 heteroatoms. The molecule has 17 heavy (non-hydrogen) atoms. The van der Waals surface area contributed by atoms with E-state index in [1.165, 1.54) is 0 Å². The van der Waals surface area contributed by atoms with E-state index < -0.39 is 0 Å². The van der Waals surface area contributed by atoms with Crippen LogP contribution >= 0.6 is 27.5 Å². The highest BCUT2D eigenvalue weighted by atomic mass is 79.9. The lowest BCUT2D eigenvalue weighted by Crippen LogP contribution is -2.24. The molecule has 0 saturated carbocycles. The van der Waals surface area contributed by atoms with E-state index in [2.05, 4.69) is 22.9 Å². The zero-order valence-corrected chi connectivity index (χ0v) is 12.2. The fourth-order valence-electron chi connectivity index (χ4n) is 1.71. The summed E-state index contributed by atoms with van der Waals surface area (Å²) in [5.41, 5.74) is 6.70. The van der Waals surface area contributed by atoms with Gasteiger partial charge >= 0.3 is 0 Å². The maximum absolute atomic E-state index is 11.8. The summed E-state index contributed by atoms with van der Waals surface area (Å²) >= 11 is 9.39. The Kier molecular flexibility index (Phi) is 6.17. The van der Waals surface area contributed by atoms with Gasteiger partial charge < -0.3 is 5.73 Å². The van der Waals surface area contributed by atoms with Crippen LogP contribution in [0.25, 0.3) is 0 Å². The van der Waals surface area contributed by atoms with E-state index in [1.54, 1.807) is 6.07 Å². The summed E-state index contributed by atoms with van der Waals surface area (Å²) in [4.78, 5) is 11.8. The van der Waals surface area contributed by atoms with Crippen molar-refractivity contribution in [3.8, 4) is 0 Å². The Morgan fingerprint density at radius 3 is 2.82 bits per heavy atom. The smallest absolute Gasteiger partial charge is 0.138 e. The Morgan fingerprint density at radius 2 is 2.24 bits per heavy atom. The molecule has 0 heterocycles. The highest BCUT2D eigenvalue weighted by Crippen LogP contribution is 2.22. The lowest BCUT2D eigenvalue weighted by atomic mass is 10.0. The van der Waals surface area contributed by atoms with Crippen molar-refractivity contribution in [2.45, 2.75) is 38.6 Å². The minimum absolute atomic E-state index is 0.0262. The molecule has 0 radical (unpaired) electrons. The maximum Gasteiger partial charge on any atom is 0.138 e. The fourth-order valence-corrected chi connectivity index (χ4v) is 2.46. The molecule has 0 aliphatic heterocycles. The van der Waals surface area contributed by atoms with Crippen molar-refractivity contribution in [3.05, 3.63) is 33.3 Å². The van der Waals surface area contributed by atoms with Gasteiger partial charge in [0.2, 0.25) is 0 Å². The fraction of sp³-hybridized carbons (Fsp3) is 0.462. The predicted molar refractivity (Wildman–Crippen MR) is 75.4 cm³/mol. The highest BCUT2D eigenvalue weighted by Gasteiger charge is 2.11. The minimum atomic E-state index is -0.0262. The second kappa shape index (κ2) is 7.14. The van der Waals surface area contributed by atoms with Gasteiger partial charge in [0.15, 0.2) is 0 Å². The van der Waals surface area contributed by atoms with Gasteiger partial charge in [-0.15, -0.1) is 0 Å². The number of ketones is 1. The van der Waals surface area contributed by atoms with Crippen LogP contribution in [0, 0.1) is 0 Å². The largest absolute Gasteiger partial charge is 0.327 e. The van der Waals surface area contributed by atoms with Crippen molar-refractivity contribution in [2.75, 3.05) is 0 Å². The molecular formula is C13H17BrClNO. The first-order valence-electron chi connectivity index (χ1n) is 5.74. The normalized spacial score (nSPS) is 12.5. The second-order valence-electron chi connectivity index (χ2n) is 4.20. The standard InChI is InChI=1S/C13H17BrClNO/c1-2-3-11(16)8-12(17)6-9-4-5-10(14)7-13(9)15/h4-5,7,11H,2-3,6,8,16H2,1H3. The molecule has 1 aromatic carbocycles. The molecule has 0 spiro atoms. The summed E-state index contributed by atoms with van der Waals surface area (Å²) in [6.07, 6.45) is 2.69. The second-order valence-corrected chi connectivity index (χ2v) is 5.53. The average molecular weight is 319 g/mol. The van der Waals surface area contributed by atoms with E-state index in [0.29, 0.717) is 17.9 Å². The molecule has 0 aliphatic carbocycles. The summed E-state index contributed by atoms with van der Waals surface area (Å²) in [5, 5.41) is 0.622. The van der Waals surface area contributed by atoms with Gasteiger partial charge in [-0.3, -0.25) is 4.79 Å². The van der Waals surface area contributed by atoms with Crippen molar-refractivity contribution in [3.63, 3.8) is 0 Å².